The third kappa shape index (κ3) is 0.787. The minimum atomic E-state index is -0.186. The van der Waals surface area contributed by atoms with Crippen LogP contribution >= 0.6 is 11.6 Å². The van der Waals surface area contributed by atoms with Gasteiger partial charge < -0.3 is 4.79 Å². The Morgan fingerprint density at radius 3 is 2.11 bits per heavy atom. The summed E-state index contributed by atoms with van der Waals surface area (Å²) in [6.07, 6.45) is 1.95. The Morgan fingerprint density at radius 2 is 2.11 bits per heavy atom. The Hall–Kier alpha value is -0.0400. The highest BCUT2D eigenvalue weighted by Crippen LogP contribution is 2.62. The van der Waals surface area contributed by atoms with E-state index in [1.54, 1.807) is 0 Å². The van der Waals surface area contributed by atoms with E-state index in [4.69, 9.17) is 11.6 Å². The van der Waals surface area contributed by atoms with E-state index in [1.165, 1.54) is 0 Å². The van der Waals surface area contributed by atoms with Gasteiger partial charge in [0.2, 0.25) is 0 Å². The zero-order chi connectivity index (χ0) is 7.12. The number of carbonyl (C=O) groups excluding carboxylic acids is 1. The highest BCUT2D eigenvalue weighted by molar-refractivity contribution is 6.19. The third-order valence-electron chi connectivity index (χ3n) is 2.44. The lowest BCUT2D eigenvalue weighted by Crippen LogP contribution is -2.11. The van der Waals surface area contributed by atoms with Gasteiger partial charge >= 0.3 is 0 Å². The lowest BCUT2D eigenvalue weighted by atomic mass is 10.0. The molecule has 52 valence electrons. The number of alkyl halides is 1. The van der Waals surface area contributed by atoms with Gasteiger partial charge in [-0.2, -0.15) is 0 Å². The predicted molar refractivity (Wildman–Crippen MR) is 37.6 cm³/mol. The minimum absolute atomic E-state index is 0.163. The molecule has 1 aliphatic carbocycles. The fourth-order valence-corrected chi connectivity index (χ4v) is 1.72. The molecule has 0 aromatic rings. The molecule has 0 radical (unpaired) electrons. The number of aldehydes is 1. The molecule has 0 aliphatic heterocycles. The highest BCUT2D eigenvalue weighted by Gasteiger charge is 2.60. The van der Waals surface area contributed by atoms with Crippen molar-refractivity contribution in [2.45, 2.75) is 20.3 Å². The SMILES string of the molecule is CC1(C)CC1(C=O)CCl. The Balaban J connectivity index is 2.68. The van der Waals surface area contributed by atoms with Crippen LogP contribution in [0.15, 0.2) is 0 Å². The topological polar surface area (TPSA) is 17.1 Å². The van der Waals surface area contributed by atoms with Crippen LogP contribution in [-0.2, 0) is 4.79 Å². The van der Waals surface area contributed by atoms with Crippen molar-refractivity contribution in [3.63, 3.8) is 0 Å². The molecule has 1 fully saturated rings. The quantitative estimate of drug-likeness (QED) is 0.429. The third-order valence-corrected chi connectivity index (χ3v) is 2.92. The van der Waals surface area contributed by atoms with E-state index in [2.05, 4.69) is 13.8 Å². The Kier molecular flexibility index (Phi) is 1.35. The van der Waals surface area contributed by atoms with E-state index in [0.29, 0.717) is 5.88 Å². The van der Waals surface area contributed by atoms with Gasteiger partial charge in [-0.25, -0.2) is 0 Å². The van der Waals surface area contributed by atoms with Crippen LogP contribution in [0.3, 0.4) is 0 Å². The van der Waals surface area contributed by atoms with Crippen molar-refractivity contribution < 1.29 is 4.79 Å². The van der Waals surface area contributed by atoms with E-state index in [-0.39, 0.29) is 10.8 Å². The molecule has 9 heavy (non-hydrogen) atoms. The maximum Gasteiger partial charge on any atom is 0.127 e. The Bertz CT molecular complexity index is 142. The minimum Gasteiger partial charge on any atom is -0.303 e. The molecule has 2 heteroatoms. The van der Waals surface area contributed by atoms with Crippen molar-refractivity contribution in [1.82, 2.24) is 0 Å². The van der Waals surface area contributed by atoms with Gasteiger partial charge in [-0.1, -0.05) is 13.8 Å². The van der Waals surface area contributed by atoms with Crippen molar-refractivity contribution in [2.75, 3.05) is 5.88 Å². The number of carbonyl (C=O) groups is 1. The molecule has 1 atom stereocenters. The van der Waals surface area contributed by atoms with Crippen LogP contribution in [0.2, 0.25) is 0 Å². The molecular formula is C7H11ClO. The fourth-order valence-electron chi connectivity index (χ4n) is 1.21. The molecule has 0 heterocycles. The summed E-state index contributed by atoms with van der Waals surface area (Å²) < 4.78 is 0. The normalized spacial score (nSPS) is 38.1. The van der Waals surface area contributed by atoms with Gasteiger partial charge in [0, 0.05) is 11.3 Å². The van der Waals surface area contributed by atoms with Crippen LogP contribution < -0.4 is 0 Å². The van der Waals surface area contributed by atoms with Crippen LogP contribution in [0.4, 0.5) is 0 Å². The summed E-state index contributed by atoms with van der Waals surface area (Å²) in [6, 6.07) is 0. The van der Waals surface area contributed by atoms with Crippen LogP contribution in [0, 0.1) is 10.8 Å². The molecular weight excluding hydrogens is 136 g/mol. The first-order valence-corrected chi connectivity index (χ1v) is 3.64. The molecule has 1 aliphatic rings. The number of rotatable bonds is 2. The van der Waals surface area contributed by atoms with Crippen LogP contribution in [0.5, 0.6) is 0 Å². The standard InChI is InChI=1S/C7H11ClO/c1-6(2)3-7(6,4-8)5-9/h5H,3-4H2,1-2H3. The summed E-state index contributed by atoms with van der Waals surface area (Å²) in [5.74, 6) is 0.476. The van der Waals surface area contributed by atoms with Crippen molar-refractivity contribution in [1.29, 1.82) is 0 Å². The van der Waals surface area contributed by atoms with Gasteiger partial charge in [0.1, 0.15) is 6.29 Å². The zero-order valence-corrected chi connectivity index (χ0v) is 6.53. The summed E-state index contributed by atoms with van der Waals surface area (Å²) in [6.45, 7) is 4.15. The second-order valence-electron chi connectivity index (χ2n) is 3.47. The summed E-state index contributed by atoms with van der Waals surface area (Å²) in [5.41, 5.74) is -0.0228. The van der Waals surface area contributed by atoms with E-state index in [9.17, 15) is 4.79 Å². The monoisotopic (exact) mass is 146 g/mol. The average molecular weight is 147 g/mol. The van der Waals surface area contributed by atoms with Crippen molar-refractivity contribution >= 4 is 17.9 Å². The molecule has 0 spiro atoms. The van der Waals surface area contributed by atoms with E-state index >= 15 is 0 Å². The van der Waals surface area contributed by atoms with Crippen molar-refractivity contribution in [3.05, 3.63) is 0 Å². The van der Waals surface area contributed by atoms with Crippen LogP contribution in [-0.4, -0.2) is 12.2 Å². The Labute approximate surface area is 60.4 Å². The molecule has 0 amide bonds. The first-order chi connectivity index (χ1) is 4.08. The van der Waals surface area contributed by atoms with Gasteiger partial charge in [0.05, 0.1) is 0 Å². The molecule has 0 N–H and O–H groups in total. The van der Waals surface area contributed by atoms with Gasteiger partial charge in [-0.15, -0.1) is 11.6 Å². The molecule has 1 rings (SSSR count). The van der Waals surface area contributed by atoms with Crippen molar-refractivity contribution in [2.24, 2.45) is 10.8 Å². The van der Waals surface area contributed by atoms with Crippen LogP contribution in [0.1, 0.15) is 20.3 Å². The van der Waals surface area contributed by atoms with Gasteiger partial charge in [-0.3, -0.25) is 0 Å². The van der Waals surface area contributed by atoms with E-state index in [1.807, 2.05) is 0 Å². The predicted octanol–water partition coefficient (Wildman–Crippen LogP) is 1.84. The summed E-state index contributed by atoms with van der Waals surface area (Å²) in [7, 11) is 0. The van der Waals surface area contributed by atoms with E-state index in [0.717, 1.165) is 12.7 Å². The van der Waals surface area contributed by atoms with Crippen LogP contribution in [0.25, 0.3) is 0 Å². The van der Waals surface area contributed by atoms with Gasteiger partial charge in [-0.05, 0) is 11.8 Å². The molecule has 0 bridgehead atoms. The van der Waals surface area contributed by atoms with Crippen molar-refractivity contribution in [3.8, 4) is 0 Å². The summed E-state index contributed by atoms with van der Waals surface area (Å²) in [4.78, 5) is 10.5. The summed E-state index contributed by atoms with van der Waals surface area (Å²) in [5, 5.41) is 0. The number of hydrogen-bond acceptors (Lipinski definition) is 1. The van der Waals surface area contributed by atoms with Gasteiger partial charge in [0.25, 0.3) is 0 Å². The molecule has 1 nitrogen and oxygen atoms in total. The highest BCUT2D eigenvalue weighted by atomic mass is 35.5. The van der Waals surface area contributed by atoms with E-state index < -0.39 is 0 Å². The first kappa shape index (κ1) is 7.07. The molecule has 1 saturated carbocycles. The molecule has 1 unspecified atom stereocenters. The smallest absolute Gasteiger partial charge is 0.127 e. The zero-order valence-electron chi connectivity index (χ0n) is 5.78. The second kappa shape index (κ2) is 1.72. The molecule has 0 saturated heterocycles. The molecule has 0 aromatic heterocycles. The maximum atomic E-state index is 10.5. The maximum absolute atomic E-state index is 10.5. The summed E-state index contributed by atoms with van der Waals surface area (Å²) >= 11 is 5.61. The number of halogens is 1. The lowest BCUT2D eigenvalue weighted by molar-refractivity contribution is -0.112. The lowest BCUT2D eigenvalue weighted by Gasteiger charge is -2.06. The largest absolute Gasteiger partial charge is 0.303 e. The number of hydrogen-bond donors (Lipinski definition) is 0. The van der Waals surface area contributed by atoms with Gasteiger partial charge in [0.15, 0.2) is 0 Å². The Morgan fingerprint density at radius 1 is 1.67 bits per heavy atom. The average Bonchev–Trinajstić information content (AvgIpc) is 2.35. The first-order valence-electron chi connectivity index (χ1n) is 3.10. The molecule has 0 aromatic carbocycles. The fraction of sp³-hybridized carbons (Fsp3) is 0.857. The second-order valence-corrected chi connectivity index (χ2v) is 3.74.